The van der Waals surface area contributed by atoms with Crippen LogP contribution in [0.15, 0.2) is 11.6 Å². The summed E-state index contributed by atoms with van der Waals surface area (Å²) in [6, 6.07) is 0. The summed E-state index contributed by atoms with van der Waals surface area (Å²) in [5.41, 5.74) is 1.73. The highest BCUT2D eigenvalue weighted by Gasteiger charge is 2.46. The molecule has 2 rings (SSSR count). The van der Waals surface area contributed by atoms with E-state index in [1.165, 1.54) is 12.0 Å². The summed E-state index contributed by atoms with van der Waals surface area (Å²) in [6.07, 6.45) is 4.57. The molecule has 2 aliphatic rings. The van der Waals surface area contributed by atoms with Crippen LogP contribution in [0.1, 0.15) is 40.5 Å². The maximum absolute atomic E-state index is 5.85. The minimum absolute atomic E-state index is 0.0250. The first-order chi connectivity index (χ1) is 7.58. The molecule has 1 aliphatic heterocycles. The first-order valence-corrected chi connectivity index (χ1v) is 6.49. The van der Waals surface area contributed by atoms with E-state index in [1.807, 2.05) is 0 Å². The van der Waals surface area contributed by atoms with Crippen molar-refractivity contribution in [3.05, 3.63) is 11.6 Å². The average Bonchev–Trinajstić information content (AvgIpc) is 2.27. The normalized spacial score (nSPS) is 44.5. The van der Waals surface area contributed by atoms with Gasteiger partial charge in [-0.1, -0.05) is 32.4 Å². The maximum Gasteiger partial charge on any atom is 0.157 e. The molecule has 1 aliphatic carbocycles. The summed E-state index contributed by atoms with van der Waals surface area (Å²) in [5.74, 6) is 1.22. The molecule has 2 atom stereocenters. The standard InChI is InChI=1S/C14H24O2/c1-5-13-15-8-14(9-16-13)11(3)6-10(2)7-12(14)4/h6,11-13H,5,7-9H2,1-4H3. The molecule has 0 N–H and O–H groups in total. The molecule has 16 heavy (non-hydrogen) atoms. The number of allylic oxidation sites excluding steroid dienone is 2. The highest BCUT2D eigenvalue weighted by Crippen LogP contribution is 2.46. The number of hydrogen-bond donors (Lipinski definition) is 0. The highest BCUT2D eigenvalue weighted by molar-refractivity contribution is 5.13. The van der Waals surface area contributed by atoms with Crippen LogP contribution >= 0.6 is 0 Å². The highest BCUT2D eigenvalue weighted by atomic mass is 16.7. The van der Waals surface area contributed by atoms with Gasteiger partial charge < -0.3 is 9.47 Å². The Balaban J connectivity index is 2.13. The number of rotatable bonds is 1. The van der Waals surface area contributed by atoms with Crippen molar-refractivity contribution in [2.75, 3.05) is 13.2 Å². The molecule has 0 saturated carbocycles. The van der Waals surface area contributed by atoms with Crippen molar-refractivity contribution in [3.8, 4) is 0 Å². The second-order valence-corrected chi connectivity index (χ2v) is 5.60. The topological polar surface area (TPSA) is 18.5 Å². The van der Waals surface area contributed by atoms with Crippen molar-refractivity contribution >= 4 is 0 Å². The molecule has 1 saturated heterocycles. The Kier molecular flexibility index (Phi) is 3.41. The van der Waals surface area contributed by atoms with Crippen molar-refractivity contribution < 1.29 is 9.47 Å². The molecule has 0 amide bonds. The SMILES string of the molecule is CCC1OCC2(CO1)C(C)C=C(C)CC2C. The molecule has 92 valence electrons. The lowest BCUT2D eigenvalue weighted by Gasteiger charge is -2.49. The number of hydrogen-bond acceptors (Lipinski definition) is 2. The van der Waals surface area contributed by atoms with Crippen LogP contribution in [0.4, 0.5) is 0 Å². The Bertz CT molecular complexity index is 274. The Morgan fingerprint density at radius 1 is 1.31 bits per heavy atom. The van der Waals surface area contributed by atoms with Gasteiger partial charge in [-0.05, 0) is 31.6 Å². The predicted molar refractivity (Wildman–Crippen MR) is 65.1 cm³/mol. The van der Waals surface area contributed by atoms with Gasteiger partial charge in [0.2, 0.25) is 0 Å². The molecule has 0 aromatic carbocycles. The number of ether oxygens (including phenoxy) is 2. The molecule has 2 nitrogen and oxygen atoms in total. The van der Waals surface area contributed by atoms with Crippen molar-refractivity contribution in [3.63, 3.8) is 0 Å². The summed E-state index contributed by atoms with van der Waals surface area (Å²) in [7, 11) is 0. The van der Waals surface area contributed by atoms with Crippen LogP contribution in [0.3, 0.4) is 0 Å². The van der Waals surface area contributed by atoms with Crippen molar-refractivity contribution in [1.82, 2.24) is 0 Å². The van der Waals surface area contributed by atoms with Crippen LogP contribution in [0.25, 0.3) is 0 Å². The lowest BCUT2D eigenvalue weighted by Crippen LogP contribution is -2.50. The zero-order valence-corrected chi connectivity index (χ0v) is 11.0. The molecule has 1 fully saturated rings. The lowest BCUT2D eigenvalue weighted by molar-refractivity contribution is -0.250. The summed E-state index contributed by atoms with van der Waals surface area (Å²) < 4.78 is 11.7. The van der Waals surface area contributed by atoms with E-state index in [2.05, 4.69) is 33.8 Å². The maximum atomic E-state index is 5.85. The molecule has 0 radical (unpaired) electrons. The van der Waals surface area contributed by atoms with Gasteiger partial charge >= 0.3 is 0 Å². The molecule has 2 heteroatoms. The fourth-order valence-corrected chi connectivity index (χ4v) is 3.16. The summed E-state index contributed by atoms with van der Waals surface area (Å²) in [5, 5.41) is 0. The van der Waals surface area contributed by atoms with Crippen LogP contribution in [-0.2, 0) is 9.47 Å². The van der Waals surface area contributed by atoms with Gasteiger partial charge in [0.1, 0.15) is 0 Å². The summed E-state index contributed by atoms with van der Waals surface area (Å²) >= 11 is 0. The summed E-state index contributed by atoms with van der Waals surface area (Å²) in [6.45, 7) is 10.7. The third kappa shape index (κ3) is 1.93. The Labute approximate surface area is 99.0 Å². The molecule has 0 aromatic rings. The van der Waals surface area contributed by atoms with E-state index in [0.29, 0.717) is 11.8 Å². The first kappa shape index (κ1) is 12.1. The lowest BCUT2D eigenvalue weighted by atomic mass is 9.63. The summed E-state index contributed by atoms with van der Waals surface area (Å²) in [4.78, 5) is 0. The van der Waals surface area contributed by atoms with Gasteiger partial charge in [0.25, 0.3) is 0 Å². The molecule has 1 heterocycles. The van der Waals surface area contributed by atoms with Gasteiger partial charge in [0.05, 0.1) is 13.2 Å². The van der Waals surface area contributed by atoms with Crippen molar-refractivity contribution in [2.45, 2.75) is 46.8 Å². The van der Waals surface area contributed by atoms with E-state index in [9.17, 15) is 0 Å². The largest absolute Gasteiger partial charge is 0.352 e. The average molecular weight is 224 g/mol. The van der Waals surface area contributed by atoms with E-state index in [4.69, 9.17) is 9.47 Å². The van der Waals surface area contributed by atoms with E-state index in [0.717, 1.165) is 19.6 Å². The zero-order chi connectivity index (χ0) is 11.8. The van der Waals surface area contributed by atoms with Crippen LogP contribution in [0, 0.1) is 17.3 Å². The van der Waals surface area contributed by atoms with Gasteiger partial charge in [-0.3, -0.25) is 0 Å². The first-order valence-electron chi connectivity index (χ1n) is 6.49. The van der Waals surface area contributed by atoms with E-state index in [-0.39, 0.29) is 11.7 Å². The van der Waals surface area contributed by atoms with Gasteiger partial charge in [-0.2, -0.15) is 0 Å². The second kappa shape index (κ2) is 4.50. The van der Waals surface area contributed by atoms with Crippen molar-refractivity contribution in [2.24, 2.45) is 17.3 Å². The van der Waals surface area contributed by atoms with Crippen LogP contribution in [0.5, 0.6) is 0 Å². The predicted octanol–water partition coefficient (Wildman–Crippen LogP) is 3.38. The Morgan fingerprint density at radius 2 is 1.94 bits per heavy atom. The fourth-order valence-electron chi connectivity index (χ4n) is 3.16. The van der Waals surface area contributed by atoms with Gasteiger partial charge in [0, 0.05) is 5.41 Å². The monoisotopic (exact) mass is 224 g/mol. The molecular weight excluding hydrogens is 200 g/mol. The zero-order valence-electron chi connectivity index (χ0n) is 11.0. The van der Waals surface area contributed by atoms with E-state index < -0.39 is 0 Å². The van der Waals surface area contributed by atoms with Crippen LogP contribution < -0.4 is 0 Å². The smallest absolute Gasteiger partial charge is 0.157 e. The minimum atomic E-state index is 0.0250. The minimum Gasteiger partial charge on any atom is -0.352 e. The Morgan fingerprint density at radius 3 is 2.44 bits per heavy atom. The third-order valence-electron chi connectivity index (χ3n) is 4.46. The van der Waals surface area contributed by atoms with Gasteiger partial charge in [-0.25, -0.2) is 0 Å². The third-order valence-corrected chi connectivity index (χ3v) is 4.46. The van der Waals surface area contributed by atoms with Crippen LogP contribution in [0.2, 0.25) is 0 Å². The molecule has 2 unspecified atom stereocenters. The molecule has 0 aromatic heterocycles. The molecule has 0 bridgehead atoms. The molecule has 1 spiro atoms. The second-order valence-electron chi connectivity index (χ2n) is 5.60. The Hall–Kier alpha value is -0.340. The van der Waals surface area contributed by atoms with Crippen LogP contribution in [-0.4, -0.2) is 19.5 Å². The quantitative estimate of drug-likeness (QED) is 0.636. The van der Waals surface area contributed by atoms with Crippen molar-refractivity contribution in [1.29, 1.82) is 0 Å². The molecular formula is C14H24O2. The van der Waals surface area contributed by atoms with E-state index in [1.54, 1.807) is 0 Å². The van der Waals surface area contributed by atoms with Gasteiger partial charge in [-0.15, -0.1) is 0 Å². The van der Waals surface area contributed by atoms with E-state index >= 15 is 0 Å². The van der Waals surface area contributed by atoms with Gasteiger partial charge in [0.15, 0.2) is 6.29 Å². The fraction of sp³-hybridized carbons (Fsp3) is 0.857.